The van der Waals surface area contributed by atoms with E-state index >= 15 is 0 Å². The summed E-state index contributed by atoms with van der Waals surface area (Å²) in [4.78, 5) is 30.2. The highest BCUT2D eigenvalue weighted by atomic mass is 32.2. The molecular formula is C27H30N6O5S. The van der Waals surface area contributed by atoms with E-state index in [0.29, 0.717) is 46.4 Å². The Hall–Kier alpha value is -4.29. The third-order valence-electron chi connectivity index (χ3n) is 5.99. The number of rotatable bonds is 12. The summed E-state index contributed by atoms with van der Waals surface area (Å²) in [6.45, 7) is 3.58. The van der Waals surface area contributed by atoms with Crippen LogP contribution in [-0.2, 0) is 19.6 Å². The first-order valence-electron chi connectivity index (χ1n) is 12.4. The number of nitrogens with zero attached hydrogens (tertiary/aromatic N) is 2. The summed E-state index contributed by atoms with van der Waals surface area (Å²) >= 11 is 0. The molecule has 12 heteroatoms. The van der Waals surface area contributed by atoms with Crippen molar-refractivity contribution in [1.82, 2.24) is 25.2 Å². The Morgan fingerprint density at radius 2 is 1.79 bits per heavy atom. The topological polar surface area (TPSA) is 155 Å². The fourth-order valence-electron chi connectivity index (χ4n) is 4.13. The second-order valence-corrected chi connectivity index (χ2v) is 10.6. The van der Waals surface area contributed by atoms with Crippen LogP contribution in [0.5, 0.6) is 0 Å². The number of benzene rings is 2. The first-order chi connectivity index (χ1) is 18.8. The summed E-state index contributed by atoms with van der Waals surface area (Å²) in [7, 11) is -4.11. The van der Waals surface area contributed by atoms with Crippen molar-refractivity contribution >= 4 is 38.6 Å². The van der Waals surface area contributed by atoms with E-state index in [1.165, 1.54) is 6.20 Å². The van der Waals surface area contributed by atoms with Gasteiger partial charge in [-0.2, -0.15) is 9.82 Å². The normalized spacial score (nSPS) is 12.2. The van der Waals surface area contributed by atoms with Crippen LogP contribution < -0.4 is 15.4 Å². The molecule has 0 aliphatic rings. The number of aromatic nitrogens is 3. The molecule has 0 bridgehead atoms. The fourth-order valence-corrected chi connectivity index (χ4v) is 5.78. The molecule has 0 radical (unpaired) electrons. The van der Waals surface area contributed by atoms with E-state index in [1.807, 2.05) is 12.1 Å². The summed E-state index contributed by atoms with van der Waals surface area (Å²) in [6, 6.07) is 14.3. The number of hydrogen-bond donors (Lipinski definition) is 4. The zero-order chi connectivity index (χ0) is 27.8. The van der Waals surface area contributed by atoms with Crippen LogP contribution in [0, 0.1) is 13.8 Å². The van der Waals surface area contributed by atoms with Gasteiger partial charge in [-0.05, 0) is 55.7 Å². The summed E-state index contributed by atoms with van der Waals surface area (Å²) in [5.74, 6) is -0.589. The molecule has 39 heavy (non-hydrogen) atoms. The van der Waals surface area contributed by atoms with Crippen molar-refractivity contribution in [1.29, 1.82) is 0 Å². The van der Waals surface area contributed by atoms with Crippen molar-refractivity contribution in [3.05, 3.63) is 83.7 Å². The number of hydrogen-bond acceptors (Lipinski definition) is 8. The third-order valence-corrected chi connectivity index (χ3v) is 7.77. The van der Waals surface area contributed by atoms with Gasteiger partial charge >= 0.3 is 5.97 Å². The number of anilines is 1. The lowest BCUT2D eigenvalue weighted by Crippen LogP contribution is -2.49. The molecule has 4 N–H and O–H groups in total. The van der Waals surface area contributed by atoms with Gasteiger partial charge < -0.3 is 15.4 Å². The van der Waals surface area contributed by atoms with Crippen molar-refractivity contribution in [2.45, 2.75) is 31.2 Å². The number of carbonyl (C=O) groups excluding carboxylic acids is 2. The molecule has 11 nitrogen and oxygen atoms in total. The van der Waals surface area contributed by atoms with Crippen LogP contribution in [0.1, 0.15) is 27.9 Å². The van der Waals surface area contributed by atoms with E-state index in [9.17, 15) is 18.0 Å². The van der Waals surface area contributed by atoms with Gasteiger partial charge in [0.1, 0.15) is 11.9 Å². The molecule has 0 saturated heterocycles. The molecule has 0 saturated carbocycles. The number of amides is 1. The van der Waals surface area contributed by atoms with Gasteiger partial charge in [0.2, 0.25) is 10.0 Å². The van der Waals surface area contributed by atoms with Crippen LogP contribution >= 0.6 is 0 Å². The maximum absolute atomic E-state index is 13.3. The summed E-state index contributed by atoms with van der Waals surface area (Å²) < 4.78 is 34.5. The number of fused-ring (bicyclic) bond motifs is 1. The van der Waals surface area contributed by atoms with Gasteiger partial charge in [0.25, 0.3) is 5.91 Å². The Morgan fingerprint density at radius 1 is 1.03 bits per heavy atom. The van der Waals surface area contributed by atoms with E-state index in [-0.39, 0.29) is 18.0 Å². The van der Waals surface area contributed by atoms with Crippen LogP contribution in [0.15, 0.2) is 71.9 Å². The molecule has 2 heterocycles. The second kappa shape index (κ2) is 12.5. The lowest BCUT2D eigenvalue weighted by Gasteiger charge is -2.20. The molecule has 1 atom stereocenters. The van der Waals surface area contributed by atoms with Gasteiger partial charge in [0.05, 0.1) is 28.8 Å². The number of pyridine rings is 1. The first kappa shape index (κ1) is 27.7. The molecular weight excluding hydrogens is 520 g/mol. The van der Waals surface area contributed by atoms with Gasteiger partial charge in [-0.1, -0.05) is 30.3 Å². The monoisotopic (exact) mass is 550 g/mol. The van der Waals surface area contributed by atoms with E-state index in [0.717, 1.165) is 0 Å². The van der Waals surface area contributed by atoms with E-state index in [1.54, 1.807) is 62.5 Å². The molecule has 2 aromatic carbocycles. The SMILES string of the molecule is Cc1cccc(C)c1S(=O)(=O)NC(CNC(=O)c1cccc2[nH]ncc12)C(=O)OCCCNc1ccccn1. The van der Waals surface area contributed by atoms with Gasteiger partial charge in [-0.3, -0.25) is 14.7 Å². The molecule has 2 aromatic heterocycles. The molecule has 204 valence electrons. The predicted octanol–water partition coefficient (Wildman–Crippen LogP) is 2.70. The Kier molecular flexibility index (Phi) is 8.89. The third kappa shape index (κ3) is 6.98. The van der Waals surface area contributed by atoms with Crippen molar-refractivity contribution in [3.63, 3.8) is 0 Å². The van der Waals surface area contributed by atoms with Crippen LogP contribution in [0.2, 0.25) is 0 Å². The maximum Gasteiger partial charge on any atom is 0.326 e. The molecule has 0 fully saturated rings. The van der Waals surface area contributed by atoms with Gasteiger partial charge in [-0.15, -0.1) is 0 Å². The van der Waals surface area contributed by atoms with Crippen LogP contribution in [-0.4, -0.2) is 61.2 Å². The van der Waals surface area contributed by atoms with Crippen molar-refractivity contribution < 1.29 is 22.7 Å². The Bertz CT molecular complexity index is 1540. The minimum atomic E-state index is -4.11. The number of carbonyl (C=O) groups is 2. The lowest BCUT2D eigenvalue weighted by molar-refractivity contribution is -0.145. The molecule has 0 aliphatic carbocycles. The Labute approximate surface area is 226 Å². The average molecular weight is 551 g/mol. The largest absolute Gasteiger partial charge is 0.464 e. The highest BCUT2D eigenvalue weighted by molar-refractivity contribution is 7.89. The van der Waals surface area contributed by atoms with Crippen LogP contribution in [0.4, 0.5) is 5.82 Å². The quantitative estimate of drug-likeness (QED) is 0.155. The van der Waals surface area contributed by atoms with E-state index < -0.39 is 27.9 Å². The number of sulfonamides is 1. The number of ether oxygens (including phenoxy) is 1. The first-order valence-corrected chi connectivity index (χ1v) is 13.8. The second-order valence-electron chi connectivity index (χ2n) is 8.90. The Balaban J connectivity index is 1.44. The summed E-state index contributed by atoms with van der Waals surface area (Å²) in [5.41, 5.74) is 2.08. The van der Waals surface area contributed by atoms with Crippen molar-refractivity contribution in [2.75, 3.05) is 25.0 Å². The van der Waals surface area contributed by atoms with E-state index in [2.05, 4.69) is 30.5 Å². The average Bonchev–Trinajstić information content (AvgIpc) is 3.40. The molecule has 4 aromatic rings. The molecule has 0 spiro atoms. The van der Waals surface area contributed by atoms with Gasteiger partial charge in [0, 0.05) is 24.7 Å². The lowest BCUT2D eigenvalue weighted by atomic mass is 10.1. The number of aromatic amines is 1. The van der Waals surface area contributed by atoms with Crippen molar-refractivity contribution in [3.8, 4) is 0 Å². The number of H-pyrrole nitrogens is 1. The maximum atomic E-state index is 13.3. The van der Waals surface area contributed by atoms with Crippen molar-refractivity contribution in [2.24, 2.45) is 0 Å². The summed E-state index contributed by atoms with van der Waals surface area (Å²) in [6.07, 6.45) is 3.66. The molecule has 1 amide bonds. The summed E-state index contributed by atoms with van der Waals surface area (Å²) in [5, 5.41) is 13.1. The molecule has 4 rings (SSSR count). The molecule has 0 aliphatic heterocycles. The highest BCUT2D eigenvalue weighted by Crippen LogP contribution is 2.20. The van der Waals surface area contributed by atoms with E-state index in [4.69, 9.17) is 4.74 Å². The highest BCUT2D eigenvalue weighted by Gasteiger charge is 2.29. The Morgan fingerprint density at radius 3 is 2.54 bits per heavy atom. The zero-order valence-electron chi connectivity index (χ0n) is 21.6. The number of esters is 1. The minimum Gasteiger partial charge on any atom is -0.464 e. The number of aryl methyl sites for hydroxylation is 2. The minimum absolute atomic E-state index is 0.0442. The van der Waals surface area contributed by atoms with Gasteiger partial charge in [-0.25, -0.2) is 13.4 Å². The van der Waals surface area contributed by atoms with Gasteiger partial charge in [0.15, 0.2) is 0 Å². The van der Waals surface area contributed by atoms with Crippen LogP contribution in [0.3, 0.4) is 0 Å². The standard InChI is InChI=1S/C27H30N6O5S/c1-18-8-5-9-19(2)25(18)39(36,37)33-23(27(35)38-15-7-14-29-24-12-3-4-13-28-24)17-30-26(34)20-10-6-11-22-21(20)16-31-32-22/h3-6,8-13,16,23,33H,7,14-15,17H2,1-2H3,(H,28,29)(H,30,34)(H,31,32). The fraction of sp³-hybridized carbons (Fsp3) is 0.259. The zero-order valence-corrected chi connectivity index (χ0v) is 22.4. The predicted molar refractivity (Wildman–Crippen MR) is 147 cm³/mol. The smallest absolute Gasteiger partial charge is 0.326 e. The molecule has 1 unspecified atom stereocenters. The number of nitrogens with one attached hydrogen (secondary N) is 4. The van der Waals surface area contributed by atoms with Crippen LogP contribution in [0.25, 0.3) is 10.9 Å².